The molecule has 0 aromatic heterocycles. The van der Waals surface area contributed by atoms with Crippen LogP contribution in [0.1, 0.15) is 69.2 Å². The van der Waals surface area contributed by atoms with E-state index in [1.807, 2.05) is 0 Å². The summed E-state index contributed by atoms with van der Waals surface area (Å²) in [5.74, 6) is 0. The Morgan fingerprint density at radius 2 is 0.571 bits per heavy atom. The number of nitrogens with zero attached hydrogens (tertiary/aromatic N) is 2. The third-order valence-electron chi connectivity index (χ3n) is 11.5. The predicted octanol–water partition coefficient (Wildman–Crippen LogP) is 12.2. The normalized spacial score (nSPS) is 29.1. The molecule has 3 rings (SSSR count). The summed E-state index contributed by atoms with van der Waals surface area (Å²) in [7, 11) is -1.34. The fourth-order valence-corrected chi connectivity index (χ4v) is 115. The van der Waals surface area contributed by atoms with Crippen LogP contribution < -0.4 is 0 Å². The van der Waals surface area contributed by atoms with Gasteiger partial charge in [-0.3, -0.25) is 0 Å². The van der Waals surface area contributed by atoms with Crippen LogP contribution in [0.3, 0.4) is 0 Å². The van der Waals surface area contributed by atoms with Crippen molar-refractivity contribution in [3.05, 3.63) is 44.6 Å². The van der Waals surface area contributed by atoms with Crippen LogP contribution >= 0.6 is 21.3 Å². The molecule has 1 fully saturated rings. The minimum atomic E-state index is -2.22. The Kier molecular flexibility index (Phi) is 9.51. The zero-order valence-corrected chi connectivity index (χ0v) is 39.3. The molecule has 1 saturated heterocycles. The quantitative estimate of drug-likeness (QED) is 0.231. The van der Waals surface area contributed by atoms with Gasteiger partial charge in [0.15, 0.2) is 0 Å². The second-order valence-corrected chi connectivity index (χ2v) is 59.0. The van der Waals surface area contributed by atoms with Crippen LogP contribution in [-0.4, -0.2) is 53.8 Å². The molecular formula is C32H66N2S2Si6. The highest BCUT2D eigenvalue weighted by molar-refractivity contribution is 8.98. The standard InChI is InChI=1S/C32H66N2S2Si6/c1-23-24(2)28(6)31(9,27(23)5)41(33(37(11,12)13)38(14,15)16)35-42(36-41,34(39(17,18)19)40(20,21)22)32(10)29(7)25(3)26(4)30(32)8/h1-22H3. The van der Waals surface area contributed by atoms with Gasteiger partial charge in [0.1, 0.15) is 32.9 Å². The minimum absolute atomic E-state index is 0.145. The third kappa shape index (κ3) is 4.93. The first-order valence-electron chi connectivity index (χ1n) is 16.2. The molecule has 0 amide bonds. The summed E-state index contributed by atoms with van der Waals surface area (Å²) in [6.45, 7) is 52.9. The Labute approximate surface area is 275 Å². The van der Waals surface area contributed by atoms with Crippen molar-refractivity contribution in [2.75, 3.05) is 0 Å². The summed E-state index contributed by atoms with van der Waals surface area (Å²) in [6, 6.07) is 0. The third-order valence-corrected chi connectivity index (χ3v) is 76.5. The topological polar surface area (TPSA) is 6.48 Å². The van der Waals surface area contributed by atoms with Gasteiger partial charge in [-0.1, -0.05) is 115 Å². The van der Waals surface area contributed by atoms with Crippen molar-refractivity contribution in [1.82, 2.24) is 7.79 Å². The molecule has 0 saturated carbocycles. The SMILES string of the molecule is CC1=C(C)C(C)([Si]2(N([Si](C)(C)C)[Si](C)(C)C)S[Si](N([Si](C)(C)C)[Si](C)(C)C)(C3(C)C(C)=C(C)C(C)=C3C)S2)C(C)=C1C. The highest BCUT2D eigenvalue weighted by atomic mass is 32.9. The zero-order chi connectivity index (χ0) is 33.2. The highest BCUT2D eigenvalue weighted by Gasteiger charge is 2.82. The van der Waals surface area contributed by atoms with E-state index >= 15 is 0 Å². The summed E-state index contributed by atoms with van der Waals surface area (Å²) < 4.78 is 6.77. The number of hydrogen-bond donors (Lipinski definition) is 0. The Balaban J connectivity index is 2.58. The molecule has 1 aliphatic heterocycles. The second kappa shape index (κ2) is 10.7. The van der Waals surface area contributed by atoms with E-state index in [9.17, 15) is 0 Å². The van der Waals surface area contributed by atoms with E-state index in [1.54, 1.807) is 44.6 Å². The van der Waals surface area contributed by atoms with E-state index in [4.69, 9.17) is 0 Å². The molecule has 0 N–H and O–H groups in total. The first kappa shape index (κ1) is 37.3. The van der Waals surface area contributed by atoms with Crippen molar-refractivity contribution in [2.45, 2.75) is 158 Å². The summed E-state index contributed by atoms with van der Waals surface area (Å²) >= 11 is 0. The van der Waals surface area contributed by atoms with Gasteiger partial charge in [-0.2, -0.15) is 21.3 Å². The predicted molar refractivity (Wildman–Crippen MR) is 214 cm³/mol. The first-order chi connectivity index (χ1) is 18.4. The maximum absolute atomic E-state index is 3.38. The van der Waals surface area contributed by atoms with Gasteiger partial charge >= 0.3 is 0 Å². The van der Waals surface area contributed by atoms with E-state index in [1.165, 1.54) is 0 Å². The number of allylic oxidation sites excluding steroid dienone is 8. The average molecular weight is 712 g/mol. The van der Waals surface area contributed by atoms with Gasteiger partial charge in [0.25, 0.3) is 0 Å². The Hall–Kier alpha value is 0.881. The van der Waals surface area contributed by atoms with Crippen LogP contribution in [0.2, 0.25) is 88.6 Å². The lowest BCUT2D eigenvalue weighted by Gasteiger charge is -2.75. The molecule has 0 atom stereocenters. The fourth-order valence-electron chi connectivity index (χ4n) is 9.33. The maximum Gasteiger partial charge on any atom is 0.248 e. The van der Waals surface area contributed by atoms with E-state index in [0.29, 0.717) is 0 Å². The lowest BCUT2D eigenvalue weighted by Crippen LogP contribution is -2.86. The summed E-state index contributed by atoms with van der Waals surface area (Å²) in [5.41, 5.74) is 13.0. The first-order valence-corrected chi connectivity index (χ1v) is 38.4. The Morgan fingerprint density at radius 3 is 0.714 bits per heavy atom. The minimum Gasteiger partial charge on any atom is -0.352 e. The van der Waals surface area contributed by atoms with E-state index < -0.39 is 46.0 Å². The van der Waals surface area contributed by atoms with Gasteiger partial charge in [-0.05, 0) is 77.7 Å². The molecular weight excluding hydrogens is 645 g/mol. The van der Waals surface area contributed by atoms with E-state index in [-0.39, 0.29) is 10.1 Å². The van der Waals surface area contributed by atoms with Crippen molar-refractivity contribution in [2.24, 2.45) is 0 Å². The molecule has 0 aromatic carbocycles. The molecule has 3 aliphatic rings. The second-order valence-electron chi connectivity index (χ2n) is 18.0. The fraction of sp³-hybridized carbons (Fsp3) is 0.750. The van der Waals surface area contributed by atoms with Crippen LogP contribution in [0, 0.1) is 0 Å². The van der Waals surface area contributed by atoms with Gasteiger partial charge in [0.05, 0.1) is 0 Å². The van der Waals surface area contributed by atoms with Crippen molar-refractivity contribution in [3.63, 3.8) is 0 Å². The maximum atomic E-state index is 3.38. The van der Waals surface area contributed by atoms with Crippen LogP contribution in [0.4, 0.5) is 0 Å². The highest BCUT2D eigenvalue weighted by Crippen LogP contribution is 2.83. The monoisotopic (exact) mass is 710 g/mol. The van der Waals surface area contributed by atoms with Crippen molar-refractivity contribution < 1.29 is 0 Å². The van der Waals surface area contributed by atoms with E-state index in [2.05, 4.69) is 177 Å². The number of rotatable bonds is 8. The molecule has 10 heteroatoms. The smallest absolute Gasteiger partial charge is 0.248 e. The molecule has 0 unspecified atom stereocenters. The molecule has 0 spiro atoms. The zero-order valence-electron chi connectivity index (χ0n) is 31.7. The van der Waals surface area contributed by atoms with Crippen LogP contribution in [0.5, 0.6) is 0 Å². The molecule has 0 radical (unpaired) electrons. The number of hydrogen-bond acceptors (Lipinski definition) is 4. The molecule has 240 valence electrons. The van der Waals surface area contributed by atoms with Gasteiger partial charge in [0.2, 0.25) is 13.1 Å². The Bertz CT molecular complexity index is 1120. The average Bonchev–Trinajstić information content (AvgIpc) is 3.01. The van der Waals surface area contributed by atoms with Gasteiger partial charge in [-0.25, -0.2) is 0 Å². The molecule has 1 heterocycles. The summed E-state index contributed by atoms with van der Waals surface area (Å²) in [6.07, 6.45) is 0. The lowest BCUT2D eigenvalue weighted by molar-refractivity contribution is 0.746. The van der Waals surface area contributed by atoms with Gasteiger partial charge in [-0.15, -0.1) is 0 Å². The molecule has 2 nitrogen and oxygen atoms in total. The summed E-state index contributed by atoms with van der Waals surface area (Å²) in [4.78, 5) is 0. The lowest BCUT2D eigenvalue weighted by atomic mass is 9.98. The van der Waals surface area contributed by atoms with Crippen LogP contribution in [0.15, 0.2) is 44.6 Å². The molecule has 0 bridgehead atoms. The van der Waals surface area contributed by atoms with Gasteiger partial charge in [0, 0.05) is 10.1 Å². The summed E-state index contributed by atoms with van der Waals surface area (Å²) in [5, 5.41) is 0.290. The van der Waals surface area contributed by atoms with Crippen molar-refractivity contribution >= 4 is 67.3 Å². The molecule has 0 aromatic rings. The van der Waals surface area contributed by atoms with E-state index in [0.717, 1.165) is 0 Å². The Morgan fingerprint density at radius 1 is 0.405 bits per heavy atom. The molecule has 42 heavy (non-hydrogen) atoms. The van der Waals surface area contributed by atoms with Crippen molar-refractivity contribution in [1.29, 1.82) is 0 Å². The van der Waals surface area contributed by atoms with Crippen LogP contribution in [-0.2, 0) is 0 Å². The van der Waals surface area contributed by atoms with Crippen molar-refractivity contribution in [3.8, 4) is 0 Å². The largest absolute Gasteiger partial charge is 0.352 e. The van der Waals surface area contributed by atoms with Gasteiger partial charge < -0.3 is 7.79 Å². The van der Waals surface area contributed by atoms with Crippen LogP contribution in [0.25, 0.3) is 0 Å². The molecule has 2 aliphatic carbocycles.